The summed E-state index contributed by atoms with van der Waals surface area (Å²) in [5, 5.41) is 4.36. The van der Waals surface area contributed by atoms with Gasteiger partial charge in [0.1, 0.15) is 11.3 Å². The Labute approximate surface area is 142 Å². The number of piperidine rings is 1. The quantitative estimate of drug-likeness (QED) is 0.856. The van der Waals surface area contributed by atoms with Gasteiger partial charge in [0.15, 0.2) is 0 Å². The number of hydrogen-bond donors (Lipinski definition) is 0. The molecule has 3 heterocycles. The third kappa shape index (κ3) is 2.26. The third-order valence-corrected chi connectivity index (χ3v) is 6.11. The first-order valence-electron chi connectivity index (χ1n) is 8.88. The van der Waals surface area contributed by atoms with Gasteiger partial charge < -0.3 is 14.3 Å². The van der Waals surface area contributed by atoms with E-state index in [1.165, 1.54) is 5.71 Å². The molecule has 3 aliphatic rings. The third-order valence-electron chi connectivity index (χ3n) is 6.11. The van der Waals surface area contributed by atoms with Crippen molar-refractivity contribution in [1.82, 2.24) is 14.5 Å². The maximum atomic E-state index is 12.6. The van der Waals surface area contributed by atoms with Crippen LogP contribution in [0.3, 0.4) is 0 Å². The number of aromatic nitrogens is 2. The van der Waals surface area contributed by atoms with Crippen LogP contribution in [0.1, 0.15) is 51.1 Å². The summed E-state index contributed by atoms with van der Waals surface area (Å²) in [6, 6.07) is 0.320. The van der Waals surface area contributed by atoms with E-state index < -0.39 is 0 Å². The minimum Gasteiger partial charge on any atom is -0.389 e. The lowest BCUT2D eigenvalue weighted by Crippen LogP contribution is -2.35. The van der Waals surface area contributed by atoms with Gasteiger partial charge in [0.2, 0.25) is 0 Å². The van der Waals surface area contributed by atoms with Crippen LogP contribution >= 0.6 is 0 Å². The summed E-state index contributed by atoms with van der Waals surface area (Å²) in [6.07, 6.45) is 3.60. The smallest absolute Gasteiger partial charge is 0.274 e. The molecule has 0 spiro atoms. The normalized spacial score (nSPS) is 33.4. The number of carbonyl (C=O) groups is 1. The minimum absolute atomic E-state index is 0.0540. The summed E-state index contributed by atoms with van der Waals surface area (Å²) in [5.41, 5.74) is 1.55. The van der Waals surface area contributed by atoms with Gasteiger partial charge >= 0.3 is 0 Å². The van der Waals surface area contributed by atoms with Crippen molar-refractivity contribution < 1.29 is 9.63 Å². The second-order valence-electron chi connectivity index (χ2n) is 8.30. The molecular weight excluding hydrogens is 304 g/mol. The van der Waals surface area contributed by atoms with Crippen LogP contribution in [0.2, 0.25) is 0 Å². The van der Waals surface area contributed by atoms with E-state index in [9.17, 15) is 4.79 Å². The van der Waals surface area contributed by atoms with Gasteiger partial charge in [-0.2, -0.15) is 0 Å². The first-order chi connectivity index (χ1) is 11.3. The van der Waals surface area contributed by atoms with Crippen LogP contribution in [0.25, 0.3) is 0 Å². The van der Waals surface area contributed by atoms with E-state index in [-0.39, 0.29) is 11.5 Å². The number of carbonyl (C=O) groups excluding carboxylic acids is 1. The number of oxime groups is 1. The van der Waals surface area contributed by atoms with Crippen molar-refractivity contribution >= 4 is 11.6 Å². The molecule has 24 heavy (non-hydrogen) atoms. The van der Waals surface area contributed by atoms with E-state index in [4.69, 9.17) is 4.84 Å². The Morgan fingerprint density at radius 2 is 2.00 bits per heavy atom. The average Bonchev–Trinajstić information content (AvgIpc) is 2.97. The van der Waals surface area contributed by atoms with Gasteiger partial charge in [-0.05, 0) is 39.5 Å². The molecule has 2 fully saturated rings. The van der Waals surface area contributed by atoms with Gasteiger partial charge in [-0.3, -0.25) is 4.79 Å². The number of hydrogen-bond acceptors (Lipinski definition) is 4. The molecule has 1 aromatic heterocycles. The van der Waals surface area contributed by atoms with Gasteiger partial charge in [-0.1, -0.05) is 12.1 Å². The predicted molar refractivity (Wildman–Crippen MR) is 90.7 cm³/mol. The molecule has 6 heteroatoms. The molecule has 0 radical (unpaired) electrons. The molecule has 1 amide bonds. The van der Waals surface area contributed by atoms with Gasteiger partial charge in [-0.25, -0.2) is 4.98 Å². The van der Waals surface area contributed by atoms with Crippen molar-refractivity contribution in [3.05, 3.63) is 18.2 Å². The van der Waals surface area contributed by atoms with Crippen LogP contribution in [0.4, 0.5) is 0 Å². The summed E-state index contributed by atoms with van der Waals surface area (Å²) in [6.45, 7) is 12.2. The summed E-state index contributed by atoms with van der Waals surface area (Å²) in [4.78, 5) is 24.5. The highest BCUT2D eigenvalue weighted by Gasteiger charge is 2.61. The number of fused-ring (bicyclic) bond motifs is 1. The van der Waals surface area contributed by atoms with Crippen LogP contribution < -0.4 is 0 Å². The van der Waals surface area contributed by atoms with Crippen molar-refractivity contribution in [3.63, 3.8) is 0 Å². The first-order valence-corrected chi connectivity index (χ1v) is 8.88. The van der Waals surface area contributed by atoms with Crippen LogP contribution in [0.15, 0.2) is 17.7 Å². The second kappa shape index (κ2) is 5.07. The Morgan fingerprint density at radius 3 is 2.50 bits per heavy atom. The zero-order chi connectivity index (χ0) is 17.2. The van der Waals surface area contributed by atoms with Crippen LogP contribution in [0, 0.1) is 23.7 Å². The van der Waals surface area contributed by atoms with E-state index in [0.29, 0.717) is 35.4 Å². The fourth-order valence-electron chi connectivity index (χ4n) is 4.06. The fraction of sp³-hybridized carbons (Fsp3) is 0.722. The van der Waals surface area contributed by atoms with Crippen molar-refractivity contribution in [1.29, 1.82) is 0 Å². The minimum atomic E-state index is -0.203. The highest BCUT2D eigenvalue weighted by atomic mass is 16.7. The molecule has 1 saturated heterocycles. The average molecular weight is 330 g/mol. The van der Waals surface area contributed by atoms with Crippen LogP contribution in [-0.4, -0.2) is 44.8 Å². The fourth-order valence-corrected chi connectivity index (χ4v) is 4.06. The lowest BCUT2D eigenvalue weighted by molar-refractivity contribution is -0.0103. The molecule has 130 valence electrons. The number of nitrogens with zero attached hydrogens (tertiary/aromatic N) is 4. The van der Waals surface area contributed by atoms with Gasteiger partial charge in [0.05, 0.1) is 12.0 Å². The Kier molecular flexibility index (Phi) is 3.31. The molecule has 6 nitrogen and oxygen atoms in total. The Bertz CT molecular complexity index is 694. The molecule has 0 aromatic carbocycles. The number of imidazole rings is 1. The van der Waals surface area contributed by atoms with Crippen molar-refractivity contribution in [2.45, 2.75) is 46.3 Å². The maximum Gasteiger partial charge on any atom is 0.274 e. The first kappa shape index (κ1) is 15.7. The molecule has 0 N–H and O–H groups in total. The van der Waals surface area contributed by atoms with Crippen LogP contribution in [-0.2, 0) is 4.84 Å². The van der Waals surface area contributed by atoms with E-state index in [0.717, 1.165) is 13.1 Å². The second-order valence-corrected chi connectivity index (χ2v) is 8.30. The summed E-state index contributed by atoms with van der Waals surface area (Å²) >= 11 is 0. The molecule has 3 atom stereocenters. The topological polar surface area (TPSA) is 59.7 Å². The zero-order valence-corrected chi connectivity index (χ0v) is 15.1. The molecule has 1 aromatic rings. The van der Waals surface area contributed by atoms with Gasteiger partial charge in [0, 0.05) is 37.2 Å². The lowest BCUT2D eigenvalue weighted by Gasteiger charge is -2.23. The Morgan fingerprint density at radius 1 is 1.33 bits per heavy atom. The van der Waals surface area contributed by atoms with Gasteiger partial charge in [0.25, 0.3) is 5.91 Å². The van der Waals surface area contributed by atoms with Crippen molar-refractivity contribution in [3.8, 4) is 0 Å². The molecule has 0 bridgehead atoms. The SMILES string of the molecule is CC(C)n1cnc(C(=O)N2CC3C(C2)C3C2=NOC(C)(C)[C@@H]2C)c1. The Balaban J connectivity index is 1.39. The summed E-state index contributed by atoms with van der Waals surface area (Å²) < 4.78 is 1.97. The zero-order valence-electron chi connectivity index (χ0n) is 15.1. The lowest BCUT2D eigenvalue weighted by atomic mass is 9.86. The number of amides is 1. The molecule has 2 aliphatic heterocycles. The van der Waals surface area contributed by atoms with E-state index in [1.807, 2.05) is 15.7 Å². The largest absolute Gasteiger partial charge is 0.389 e. The molecule has 1 saturated carbocycles. The molecule has 2 unspecified atom stereocenters. The van der Waals surface area contributed by atoms with E-state index >= 15 is 0 Å². The van der Waals surface area contributed by atoms with E-state index in [1.54, 1.807) is 6.33 Å². The monoisotopic (exact) mass is 330 g/mol. The standard InChI is InChI=1S/C18H26N4O2/c1-10(2)22-8-14(19-9-22)17(23)21-6-12-13(7-21)15(12)16-11(3)18(4,5)24-20-16/h8-13,15H,6-7H2,1-5H3/t11-,12?,13?,15?/m1/s1. The van der Waals surface area contributed by atoms with E-state index in [2.05, 4.69) is 44.8 Å². The molecule has 1 aliphatic carbocycles. The Hall–Kier alpha value is -1.85. The van der Waals surface area contributed by atoms with Gasteiger partial charge in [-0.15, -0.1) is 0 Å². The molecule has 4 rings (SSSR count). The van der Waals surface area contributed by atoms with Crippen molar-refractivity contribution in [2.24, 2.45) is 28.8 Å². The summed E-state index contributed by atoms with van der Waals surface area (Å²) in [5.74, 6) is 1.98. The maximum absolute atomic E-state index is 12.6. The highest BCUT2D eigenvalue weighted by Crippen LogP contribution is 2.55. The number of likely N-dealkylation sites (tertiary alicyclic amines) is 1. The van der Waals surface area contributed by atoms with Crippen molar-refractivity contribution in [2.75, 3.05) is 13.1 Å². The summed E-state index contributed by atoms with van der Waals surface area (Å²) in [7, 11) is 0. The number of rotatable bonds is 3. The molecular formula is C18H26N4O2. The van der Waals surface area contributed by atoms with Crippen LogP contribution in [0.5, 0.6) is 0 Å². The predicted octanol–water partition coefficient (Wildman–Crippen LogP) is 2.58. The highest BCUT2D eigenvalue weighted by molar-refractivity contribution is 5.95.